The Morgan fingerprint density at radius 3 is 2.40 bits per heavy atom. The Morgan fingerprint density at radius 1 is 1.20 bits per heavy atom. The minimum Gasteiger partial charge on any atom is -0.481 e. The summed E-state index contributed by atoms with van der Waals surface area (Å²) in [4.78, 5) is 23.3. The van der Waals surface area contributed by atoms with Gasteiger partial charge in [-0.15, -0.1) is 0 Å². The number of nitrogens with one attached hydrogen (secondary N) is 2. The summed E-state index contributed by atoms with van der Waals surface area (Å²) in [6.45, 7) is 5.16. The molecule has 0 aromatic carbocycles. The van der Waals surface area contributed by atoms with E-state index in [2.05, 4.69) is 24.5 Å². The molecule has 1 atom stereocenters. The van der Waals surface area contributed by atoms with Crippen LogP contribution in [-0.4, -0.2) is 35.6 Å². The first kappa shape index (κ1) is 15.3. The zero-order valence-corrected chi connectivity index (χ0v) is 12.4. The first-order valence-electron chi connectivity index (χ1n) is 7.67. The molecule has 114 valence electrons. The van der Waals surface area contributed by atoms with Crippen LogP contribution in [0.15, 0.2) is 0 Å². The van der Waals surface area contributed by atoms with Crippen molar-refractivity contribution in [1.82, 2.24) is 10.6 Å². The summed E-state index contributed by atoms with van der Waals surface area (Å²) >= 11 is 0. The fourth-order valence-electron chi connectivity index (χ4n) is 3.43. The van der Waals surface area contributed by atoms with Crippen LogP contribution >= 0.6 is 0 Å². The number of rotatable bonds is 3. The number of aliphatic carboxylic acids is 1. The number of piperidine rings is 1. The highest BCUT2D eigenvalue weighted by molar-refractivity contribution is 5.83. The molecule has 2 aliphatic rings. The molecule has 2 fully saturated rings. The van der Waals surface area contributed by atoms with Crippen LogP contribution in [0.25, 0.3) is 0 Å². The van der Waals surface area contributed by atoms with Crippen molar-refractivity contribution >= 4 is 11.9 Å². The van der Waals surface area contributed by atoms with Gasteiger partial charge in [0.1, 0.15) is 0 Å². The molecule has 3 N–H and O–H groups in total. The quantitative estimate of drug-likeness (QED) is 0.733. The van der Waals surface area contributed by atoms with Crippen LogP contribution in [0.3, 0.4) is 0 Å². The summed E-state index contributed by atoms with van der Waals surface area (Å²) in [7, 11) is 0. The van der Waals surface area contributed by atoms with Gasteiger partial charge in [-0.05, 0) is 50.5 Å². The Balaban J connectivity index is 1.84. The normalized spacial score (nSPS) is 33.4. The van der Waals surface area contributed by atoms with Gasteiger partial charge in [0.05, 0.1) is 12.0 Å². The maximum Gasteiger partial charge on any atom is 0.306 e. The van der Waals surface area contributed by atoms with Gasteiger partial charge in [0.15, 0.2) is 0 Å². The minimum absolute atomic E-state index is 0.0133. The lowest BCUT2D eigenvalue weighted by atomic mass is 9.77. The van der Waals surface area contributed by atoms with Crippen molar-refractivity contribution < 1.29 is 14.7 Å². The molecule has 1 aliphatic heterocycles. The van der Waals surface area contributed by atoms with Gasteiger partial charge in [-0.25, -0.2) is 0 Å². The molecule has 20 heavy (non-hydrogen) atoms. The highest BCUT2D eigenvalue weighted by Gasteiger charge is 2.38. The fraction of sp³-hybridized carbons (Fsp3) is 0.867. The number of hydrogen-bond acceptors (Lipinski definition) is 3. The lowest BCUT2D eigenvalue weighted by Gasteiger charge is -2.39. The Bertz CT molecular complexity index is 373. The Kier molecular flexibility index (Phi) is 4.68. The topological polar surface area (TPSA) is 78.4 Å². The molecular formula is C15H26N2O3. The van der Waals surface area contributed by atoms with Crippen molar-refractivity contribution in [2.24, 2.45) is 11.3 Å². The summed E-state index contributed by atoms with van der Waals surface area (Å²) < 4.78 is 0. The molecule has 0 aromatic heterocycles. The van der Waals surface area contributed by atoms with Gasteiger partial charge >= 0.3 is 5.97 Å². The third kappa shape index (κ3) is 3.51. The van der Waals surface area contributed by atoms with Crippen molar-refractivity contribution in [3.8, 4) is 0 Å². The second-order valence-electron chi connectivity index (χ2n) is 6.87. The van der Waals surface area contributed by atoms with Crippen molar-refractivity contribution in [2.75, 3.05) is 6.54 Å². The molecule has 1 saturated carbocycles. The van der Waals surface area contributed by atoms with E-state index < -0.39 is 5.97 Å². The predicted molar refractivity (Wildman–Crippen MR) is 76.3 cm³/mol. The second-order valence-corrected chi connectivity index (χ2v) is 6.87. The van der Waals surface area contributed by atoms with Crippen LogP contribution in [0, 0.1) is 11.3 Å². The lowest BCUT2D eigenvalue weighted by molar-refractivity contribution is -0.142. The van der Waals surface area contributed by atoms with Gasteiger partial charge in [-0.1, -0.05) is 13.8 Å². The summed E-state index contributed by atoms with van der Waals surface area (Å²) in [6, 6.07) is 0.00562. The van der Waals surface area contributed by atoms with Crippen molar-refractivity contribution in [3.05, 3.63) is 0 Å². The average molecular weight is 282 g/mol. The van der Waals surface area contributed by atoms with Gasteiger partial charge in [-0.2, -0.15) is 0 Å². The number of carboxylic acid groups (broad SMARTS) is 1. The molecule has 1 heterocycles. The van der Waals surface area contributed by atoms with Gasteiger partial charge in [0, 0.05) is 6.04 Å². The first-order chi connectivity index (χ1) is 9.40. The standard InChI is InChI=1S/C15H26N2O3/c1-15(2)8-3-9-16-12(15)13(18)17-11-6-4-10(5-7-11)14(19)20/h10-12,16H,3-9H2,1-2H3,(H,17,18)(H,19,20). The van der Waals surface area contributed by atoms with E-state index >= 15 is 0 Å². The van der Waals surface area contributed by atoms with E-state index in [0.717, 1.165) is 32.2 Å². The maximum absolute atomic E-state index is 12.4. The smallest absolute Gasteiger partial charge is 0.306 e. The van der Waals surface area contributed by atoms with Gasteiger partial charge in [-0.3, -0.25) is 9.59 Å². The summed E-state index contributed by atoms with van der Waals surface area (Å²) in [6.07, 6.45) is 5.06. The van der Waals surface area contributed by atoms with Crippen LogP contribution in [0.5, 0.6) is 0 Å². The van der Waals surface area contributed by atoms with Crippen LogP contribution in [0.4, 0.5) is 0 Å². The maximum atomic E-state index is 12.4. The average Bonchev–Trinajstić information content (AvgIpc) is 2.38. The summed E-state index contributed by atoms with van der Waals surface area (Å²) in [5.74, 6) is -0.856. The van der Waals surface area contributed by atoms with Gasteiger partial charge in [0.2, 0.25) is 5.91 Å². The molecule has 1 aliphatic carbocycles. The third-order valence-electron chi connectivity index (χ3n) is 4.81. The lowest BCUT2D eigenvalue weighted by Crippen LogP contribution is -2.57. The molecule has 0 radical (unpaired) electrons. The highest BCUT2D eigenvalue weighted by Crippen LogP contribution is 2.31. The van der Waals surface area contributed by atoms with E-state index in [4.69, 9.17) is 5.11 Å². The van der Waals surface area contributed by atoms with E-state index in [0.29, 0.717) is 12.8 Å². The van der Waals surface area contributed by atoms with Crippen LogP contribution in [0.2, 0.25) is 0 Å². The molecule has 2 rings (SSSR count). The predicted octanol–water partition coefficient (Wildman–Crippen LogP) is 1.52. The molecule has 5 nitrogen and oxygen atoms in total. The van der Waals surface area contributed by atoms with E-state index in [-0.39, 0.29) is 29.3 Å². The number of carbonyl (C=O) groups excluding carboxylic acids is 1. The number of hydrogen-bond donors (Lipinski definition) is 3. The second kappa shape index (κ2) is 6.12. The molecule has 1 saturated heterocycles. The first-order valence-corrected chi connectivity index (χ1v) is 7.67. The molecule has 0 aromatic rings. The van der Waals surface area contributed by atoms with E-state index in [9.17, 15) is 9.59 Å². The van der Waals surface area contributed by atoms with Crippen molar-refractivity contribution in [2.45, 2.75) is 64.5 Å². The number of carbonyl (C=O) groups is 2. The van der Waals surface area contributed by atoms with E-state index in [1.54, 1.807) is 0 Å². The molecule has 0 spiro atoms. The van der Waals surface area contributed by atoms with Crippen LogP contribution < -0.4 is 10.6 Å². The van der Waals surface area contributed by atoms with Crippen molar-refractivity contribution in [1.29, 1.82) is 0 Å². The van der Waals surface area contributed by atoms with Crippen molar-refractivity contribution in [3.63, 3.8) is 0 Å². The Hall–Kier alpha value is -1.10. The Labute approximate surface area is 120 Å². The van der Waals surface area contributed by atoms with E-state index in [1.807, 2.05) is 0 Å². The highest BCUT2D eigenvalue weighted by atomic mass is 16.4. The molecule has 5 heteroatoms. The zero-order valence-electron chi connectivity index (χ0n) is 12.4. The molecule has 1 amide bonds. The Morgan fingerprint density at radius 2 is 1.85 bits per heavy atom. The molecule has 1 unspecified atom stereocenters. The number of carboxylic acids is 1. The zero-order chi connectivity index (χ0) is 14.8. The fourth-order valence-corrected chi connectivity index (χ4v) is 3.43. The monoisotopic (exact) mass is 282 g/mol. The minimum atomic E-state index is -0.704. The molecule has 0 bridgehead atoms. The van der Waals surface area contributed by atoms with Crippen LogP contribution in [-0.2, 0) is 9.59 Å². The van der Waals surface area contributed by atoms with E-state index in [1.165, 1.54) is 0 Å². The van der Waals surface area contributed by atoms with Gasteiger partial charge < -0.3 is 15.7 Å². The summed E-state index contributed by atoms with van der Waals surface area (Å²) in [5.41, 5.74) is -0.0133. The SMILES string of the molecule is CC1(C)CCCNC1C(=O)NC1CCC(C(=O)O)CC1. The third-order valence-corrected chi connectivity index (χ3v) is 4.81. The van der Waals surface area contributed by atoms with Crippen LogP contribution in [0.1, 0.15) is 52.4 Å². The molecular weight excluding hydrogens is 256 g/mol. The van der Waals surface area contributed by atoms with Gasteiger partial charge in [0.25, 0.3) is 0 Å². The largest absolute Gasteiger partial charge is 0.481 e. The summed E-state index contributed by atoms with van der Waals surface area (Å²) in [5, 5.41) is 15.4. The number of amides is 1.